The van der Waals surface area contributed by atoms with Crippen LogP contribution < -0.4 is 5.32 Å². The Labute approximate surface area is 125 Å². The number of nitrogens with zero attached hydrogens (tertiary/aromatic N) is 1. The Kier molecular flexibility index (Phi) is 4.76. The Hall–Kier alpha value is -1.00. The number of aromatic nitrogens is 1. The number of para-hydroxylation sites is 2. The Morgan fingerprint density at radius 3 is 2.55 bits per heavy atom. The van der Waals surface area contributed by atoms with Crippen LogP contribution in [-0.4, -0.2) is 22.3 Å². The SMILES string of the molecule is CC(C)C(CNC(C)(C)C)Sc1nc2ccccc2o1. The predicted octanol–water partition coefficient (Wildman–Crippen LogP) is 4.33. The van der Waals surface area contributed by atoms with E-state index in [1.807, 2.05) is 24.3 Å². The quantitative estimate of drug-likeness (QED) is 0.832. The molecule has 4 heteroatoms. The molecule has 0 aliphatic heterocycles. The summed E-state index contributed by atoms with van der Waals surface area (Å²) in [5.41, 5.74) is 1.93. The van der Waals surface area contributed by atoms with Crippen LogP contribution in [0.1, 0.15) is 34.6 Å². The van der Waals surface area contributed by atoms with E-state index in [4.69, 9.17) is 4.42 Å². The summed E-state index contributed by atoms with van der Waals surface area (Å²) < 4.78 is 5.80. The highest BCUT2D eigenvalue weighted by molar-refractivity contribution is 7.99. The van der Waals surface area contributed by atoms with Crippen molar-refractivity contribution in [2.24, 2.45) is 5.92 Å². The summed E-state index contributed by atoms with van der Waals surface area (Å²) >= 11 is 1.72. The minimum Gasteiger partial charge on any atom is -0.431 e. The molecular weight excluding hydrogens is 268 g/mol. The van der Waals surface area contributed by atoms with E-state index >= 15 is 0 Å². The zero-order chi connectivity index (χ0) is 14.8. The van der Waals surface area contributed by atoms with Crippen LogP contribution in [0.3, 0.4) is 0 Å². The van der Waals surface area contributed by atoms with E-state index in [1.54, 1.807) is 11.8 Å². The molecule has 1 unspecified atom stereocenters. The highest BCUT2D eigenvalue weighted by Crippen LogP contribution is 2.30. The molecule has 0 fully saturated rings. The molecule has 1 heterocycles. The van der Waals surface area contributed by atoms with Gasteiger partial charge in [0.25, 0.3) is 5.22 Å². The highest BCUT2D eigenvalue weighted by Gasteiger charge is 2.20. The van der Waals surface area contributed by atoms with Gasteiger partial charge in [-0.05, 0) is 38.8 Å². The van der Waals surface area contributed by atoms with Crippen molar-refractivity contribution in [1.29, 1.82) is 0 Å². The number of hydrogen-bond acceptors (Lipinski definition) is 4. The number of oxazole rings is 1. The fraction of sp³-hybridized carbons (Fsp3) is 0.562. The smallest absolute Gasteiger partial charge is 0.257 e. The molecule has 0 aliphatic carbocycles. The van der Waals surface area contributed by atoms with E-state index in [9.17, 15) is 0 Å². The molecule has 0 amide bonds. The fourth-order valence-electron chi connectivity index (χ4n) is 1.85. The molecule has 0 radical (unpaired) electrons. The van der Waals surface area contributed by atoms with Crippen molar-refractivity contribution in [2.75, 3.05) is 6.54 Å². The van der Waals surface area contributed by atoms with Crippen LogP contribution >= 0.6 is 11.8 Å². The molecule has 0 aliphatic rings. The second-order valence-electron chi connectivity index (χ2n) is 6.48. The highest BCUT2D eigenvalue weighted by atomic mass is 32.2. The largest absolute Gasteiger partial charge is 0.431 e. The van der Waals surface area contributed by atoms with E-state index in [0.717, 1.165) is 22.9 Å². The van der Waals surface area contributed by atoms with Crippen LogP contribution in [0.5, 0.6) is 0 Å². The van der Waals surface area contributed by atoms with Gasteiger partial charge in [-0.15, -0.1) is 0 Å². The van der Waals surface area contributed by atoms with Crippen molar-refractivity contribution in [3.8, 4) is 0 Å². The van der Waals surface area contributed by atoms with E-state index in [2.05, 4.69) is 44.9 Å². The molecule has 2 rings (SSSR count). The third-order valence-electron chi connectivity index (χ3n) is 3.10. The summed E-state index contributed by atoms with van der Waals surface area (Å²) in [6.07, 6.45) is 0. The summed E-state index contributed by atoms with van der Waals surface area (Å²) in [5.74, 6) is 0.560. The van der Waals surface area contributed by atoms with Gasteiger partial charge in [-0.2, -0.15) is 0 Å². The number of benzene rings is 1. The number of thioether (sulfide) groups is 1. The van der Waals surface area contributed by atoms with Gasteiger partial charge in [-0.25, -0.2) is 4.98 Å². The average molecular weight is 292 g/mol. The number of nitrogens with one attached hydrogen (secondary N) is 1. The van der Waals surface area contributed by atoms with Crippen LogP contribution in [0.2, 0.25) is 0 Å². The summed E-state index contributed by atoms with van der Waals surface area (Å²) in [5, 5.41) is 4.78. The first kappa shape index (κ1) is 15.4. The molecule has 1 atom stereocenters. The predicted molar refractivity (Wildman–Crippen MR) is 86.2 cm³/mol. The van der Waals surface area contributed by atoms with Crippen LogP contribution in [0.15, 0.2) is 33.9 Å². The lowest BCUT2D eigenvalue weighted by molar-refractivity contribution is 0.405. The van der Waals surface area contributed by atoms with Gasteiger partial charge >= 0.3 is 0 Å². The zero-order valence-electron chi connectivity index (χ0n) is 12.9. The van der Waals surface area contributed by atoms with Crippen LogP contribution in [0, 0.1) is 5.92 Å². The van der Waals surface area contributed by atoms with Gasteiger partial charge in [0, 0.05) is 17.3 Å². The molecule has 110 valence electrons. The first-order chi connectivity index (χ1) is 9.35. The molecule has 0 spiro atoms. The minimum atomic E-state index is 0.134. The Bertz CT molecular complexity index is 524. The van der Waals surface area contributed by atoms with Crippen molar-refractivity contribution >= 4 is 22.9 Å². The molecule has 3 nitrogen and oxygen atoms in total. The Morgan fingerprint density at radius 2 is 1.95 bits per heavy atom. The summed E-state index contributed by atoms with van der Waals surface area (Å²) in [6, 6.07) is 7.91. The Balaban J connectivity index is 2.07. The lowest BCUT2D eigenvalue weighted by Gasteiger charge is -2.26. The van der Waals surface area contributed by atoms with Gasteiger partial charge in [-0.1, -0.05) is 37.7 Å². The molecule has 1 aromatic carbocycles. The van der Waals surface area contributed by atoms with Crippen molar-refractivity contribution in [1.82, 2.24) is 10.3 Å². The van der Waals surface area contributed by atoms with Gasteiger partial charge in [0.05, 0.1) is 0 Å². The van der Waals surface area contributed by atoms with Crippen LogP contribution in [0.4, 0.5) is 0 Å². The van der Waals surface area contributed by atoms with E-state index < -0.39 is 0 Å². The topological polar surface area (TPSA) is 38.1 Å². The first-order valence-corrected chi connectivity index (χ1v) is 8.00. The van der Waals surface area contributed by atoms with Crippen LogP contribution in [-0.2, 0) is 0 Å². The van der Waals surface area contributed by atoms with E-state index in [-0.39, 0.29) is 5.54 Å². The fourth-order valence-corrected chi connectivity index (χ4v) is 2.84. The maximum absolute atomic E-state index is 5.80. The van der Waals surface area contributed by atoms with Crippen molar-refractivity contribution in [3.05, 3.63) is 24.3 Å². The van der Waals surface area contributed by atoms with E-state index in [1.165, 1.54) is 0 Å². The molecule has 1 aromatic heterocycles. The lowest BCUT2D eigenvalue weighted by Crippen LogP contribution is -2.41. The van der Waals surface area contributed by atoms with Crippen LogP contribution in [0.25, 0.3) is 11.1 Å². The maximum atomic E-state index is 5.80. The average Bonchev–Trinajstić information content (AvgIpc) is 2.75. The minimum absolute atomic E-state index is 0.134. The standard InChI is InChI=1S/C16H24N2OS/c1-11(2)14(10-17-16(3,4)5)20-15-18-12-8-6-7-9-13(12)19-15/h6-9,11,14,17H,10H2,1-5H3. The normalized spacial score (nSPS) is 14.1. The summed E-state index contributed by atoms with van der Waals surface area (Å²) in [6.45, 7) is 12.0. The van der Waals surface area contributed by atoms with Crippen molar-refractivity contribution in [2.45, 2.75) is 50.6 Å². The first-order valence-electron chi connectivity index (χ1n) is 7.12. The molecule has 0 saturated carbocycles. The maximum Gasteiger partial charge on any atom is 0.257 e. The molecule has 2 aromatic rings. The van der Waals surface area contributed by atoms with Gasteiger partial charge in [0.1, 0.15) is 5.52 Å². The molecule has 0 saturated heterocycles. The summed E-state index contributed by atoms with van der Waals surface area (Å²) in [4.78, 5) is 4.55. The number of hydrogen-bond donors (Lipinski definition) is 1. The van der Waals surface area contributed by atoms with Crippen molar-refractivity contribution in [3.63, 3.8) is 0 Å². The summed E-state index contributed by atoms with van der Waals surface area (Å²) in [7, 11) is 0. The third-order valence-corrected chi connectivity index (χ3v) is 4.49. The van der Waals surface area contributed by atoms with Crippen molar-refractivity contribution < 1.29 is 4.42 Å². The third kappa shape index (κ3) is 4.25. The van der Waals surface area contributed by atoms with E-state index in [0.29, 0.717) is 11.2 Å². The number of rotatable bonds is 5. The zero-order valence-corrected chi connectivity index (χ0v) is 13.8. The second-order valence-corrected chi connectivity index (χ2v) is 7.67. The lowest BCUT2D eigenvalue weighted by atomic mass is 10.1. The van der Waals surface area contributed by atoms with Gasteiger partial charge in [-0.3, -0.25) is 0 Å². The van der Waals surface area contributed by atoms with Gasteiger partial charge in [0.15, 0.2) is 5.58 Å². The molecule has 20 heavy (non-hydrogen) atoms. The van der Waals surface area contributed by atoms with Gasteiger partial charge < -0.3 is 9.73 Å². The molecule has 0 bridgehead atoms. The molecule has 1 N–H and O–H groups in total. The Morgan fingerprint density at radius 1 is 1.25 bits per heavy atom. The second kappa shape index (κ2) is 6.19. The number of fused-ring (bicyclic) bond motifs is 1. The van der Waals surface area contributed by atoms with Gasteiger partial charge in [0.2, 0.25) is 0 Å². The monoisotopic (exact) mass is 292 g/mol. The molecular formula is C16H24N2OS.